The van der Waals surface area contributed by atoms with Crippen molar-refractivity contribution in [1.29, 1.82) is 0 Å². The molecule has 2 aromatic carbocycles. The third kappa shape index (κ3) is 3.27. The molecule has 0 spiro atoms. The van der Waals surface area contributed by atoms with E-state index in [9.17, 15) is 14.1 Å². The van der Waals surface area contributed by atoms with Gasteiger partial charge in [-0.1, -0.05) is 18.2 Å². The number of nitrogens with zero attached hydrogens (tertiary/aromatic N) is 1. The van der Waals surface area contributed by atoms with Crippen molar-refractivity contribution in [1.82, 2.24) is 9.71 Å². The number of carbonyl (C=O) groups is 1. The highest BCUT2D eigenvalue weighted by molar-refractivity contribution is 7.94. The van der Waals surface area contributed by atoms with Crippen LogP contribution in [0.25, 0.3) is 4.91 Å². The predicted octanol–water partition coefficient (Wildman–Crippen LogP) is 3.79. The van der Waals surface area contributed by atoms with Crippen molar-refractivity contribution in [3.05, 3.63) is 89.3 Å². The monoisotopic (exact) mass is 418 g/mol. The lowest BCUT2D eigenvalue weighted by atomic mass is 9.92. The summed E-state index contributed by atoms with van der Waals surface area (Å²) in [7, 11) is -1.64. The van der Waals surface area contributed by atoms with Crippen LogP contribution in [0.4, 0.5) is 0 Å². The largest absolute Gasteiger partial charge is 0.507 e. The summed E-state index contributed by atoms with van der Waals surface area (Å²) in [5, 5.41) is 10.6. The Bertz CT molecular complexity index is 1210. The number of ether oxygens (including phenoxy) is 1. The number of aromatic nitrogens is 1. The molecular weight excluding hydrogens is 400 g/mol. The van der Waals surface area contributed by atoms with E-state index in [1.54, 1.807) is 24.5 Å². The molecule has 1 aliphatic carbocycles. The number of hydrogen-bond donors (Lipinski definition) is 2. The SMILES string of the molecule is O=C1C=C(c2ccc([C@H]3CCc4c(Oc5cccnc5)cccc43)cc2O)S(=O)N1. The first kappa shape index (κ1) is 18.6. The van der Waals surface area contributed by atoms with Gasteiger partial charge in [0.2, 0.25) is 0 Å². The second-order valence-corrected chi connectivity index (χ2v) is 8.41. The van der Waals surface area contributed by atoms with Crippen LogP contribution in [-0.2, 0) is 22.2 Å². The zero-order valence-corrected chi connectivity index (χ0v) is 16.7. The molecule has 2 heterocycles. The highest BCUT2D eigenvalue weighted by Crippen LogP contribution is 2.44. The van der Waals surface area contributed by atoms with E-state index in [1.807, 2.05) is 30.3 Å². The molecule has 30 heavy (non-hydrogen) atoms. The number of hydrogen-bond acceptors (Lipinski definition) is 5. The number of carbonyl (C=O) groups excluding carboxylic acids is 1. The second kappa shape index (κ2) is 7.42. The molecule has 6 nitrogen and oxygen atoms in total. The van der Waals surface area contributed by atoms with E-state index in [0.717, 1.165) is 29.7 Å². The molecule has 150 valence electrons. The lowest BCUT2D eigenvalue weighted by molar-refractivity contribution is -0.114. The summed E-state index contributed by atoms with van der Waals surface area (Å²) in [6.45, 7) is 0. The molecule has 0 saturated carbocycles. The van der Waals surface area contributed by atoms with Crippen molar-refractivity contribution in [3.8, 4) is 17.2 Å². The number of rotatable bonds is 4. The van der Waals surface area contributed by atoms with Gasteiger partial charge in [-0.15, -0.1) is 0 Å². The molecule has 5 rings (SSSR count). The molecule has 0 fully saturated rings. The van der Waals surface area contributed by atoms with E-state index in [0.29, 0.717) is 16.2 Å². The molecule has 2 N–H and O–H groups in total. The minimum absolute atomic E-state index is 0.0137. The molecule has 7 heteroatoms. The Labute approximate surface area is 175 Å². The lowest BCUT2D eigenvalue weighted by Gasteiger charge is -2.15. The van der Waals surface area contributed by atoms with Gasteiger partial charge in [-0.3, -0.25) is 14.5 Å². The Kier molecular flexibility index (Phi) is 4.59. The summed E-state index contributed by atoms with van der Waals surface area (Å²) in [5.74, 6) is 1.23. The Morgan fingerprint density at radius 1 is 1.17 bits per heavy atom. The first-order valence-electron chi connectivity index (χ1n) is 9.57. The van der Waals surface area contributed by atoms with E-state index in [-0.39, 0.29) is 11.7 Å². The molecule has 2 atom stereocenters. The van der Waals surface area contributed by atoms with Crippen LogP contribution in [-0.4, -0.2) is 20.2 Å². The van der Waals surface area contributed by atoms with E-state index >= 15 is 0 Å². The molecule has 1 aromatic heterocycles. The third-order valence-corrected chi connectivity index (χ3v) is 6.56. The molecular formula is C23H18N2O4S. The van der Waals surface area contributed by atoms with Crippen LogP contribution < -0.4 is 9.46 Å². The highest BCUT2D eigenvalue weighted by Gasteiger charge is 2.29. The summed E-state index contributed by atoms with van der Waals surface area (Å²) in [6.07, 6.45) is 6.42. The average molecular weight is 418 g/mol. The van der Waals surface area contributed by atoms with Crippen LogP contribution in [0.15, 0.2) is 67.0 Å². The zero-order valence-electron chi connectivity index (χ0n) is 15.9. The van der Waals surface area contributed by atoms with E-state index in [1.165, 1.54) is 11.6 Å². The first-order chi connectivity index (χ1) is 14.6. The minimum Gasteiger partial charge on any atom is -0.507 e. The number of phenols is 1. The normalized spacial score (nSPS) is 19.9. The molecule has 0 bridgehead atoms. The van der Waals surface area contributed by atoms with Gasteiger partial charge in [0.05, 0.1) is 11.1 Å². The van der Waals surface area contributed by atoms with Crippen molar-refractivity contribution in [2.75, 3.05) is 0 Å². The van der Waals surface area contributed by atoms with Crippen molar-refractivity contribution in [3.63, 3.8) is 0 Å². The molecule has 3 aromatic rings. The van der Waals surface area contributed by atoms with Crippen molar-refractivity contribution < 1.29 is 18.8 Å². The van der Waals surface area contributed by atoms with Gasteiger partial charge in [-0.25, -0.2) is 4.21 Å². The number of amides is 1. The van der Waals surface area contributed by atoms with Crippen LogP contribution in [0, 0.1) is 0 Å². The number of phenolic OH excluding ortho intramolecular Hbond substituents is 1. The van der Waals surface area contributed by atoms with E-state index in [4.69, 9.17) is 4.74 Å². The summed E-state index contributed by atoms with van der Waals surface area (Å²) >= 11 is 0. The predicted molar refractivity (Wildman–Crippen MR) is 113 cm³/mol. The number of nitrogens with one attached hydrogen (secondary N) is 1. The Morgan fingerprint density at radius 2 is 2.07 bits per heavy atom. The lowest BCUT2D eigenvalue weighted by Crippen LogP contribution is -2.16. The number of aromatic hydroxyl groups is 1. The summed E-state index contributed by atoms with van der Waals surface area (Å²) in [5.41, 5.74) is 3.70. The summed E-state index contributed by atoms with van der Waals surface area (Å²) in [6, 6.07) is 15.1. The van der Waals surface area contributed by atoms with Gasteiger partial charge in [-0.2, -0.15) is 0 Å². The fourth-order valence-electron chi connectivity index (χ4n) is 4.10. The van der Waals surface area contributed by atoms with Gasteiger partial charge in [-0.05, 0) is 59.9 Å². The van der Waals surface area contributed by atoms with E-state index < -0.39 is 16.9 Å². The van der Waals surface area contributed by atoms with Gasteiger partial charge in [0.1, 0.15) is 17.2 Å². The van der Waals surface area contributed by atoms with Crippen molar-refractivity contribution in [2.45, 2.75) is 18.8 Å². The quantitative estimate of drug-likeness (QED) is 0.673. The first-order valence-corrected chi connectivity index (χ1v) is 10.7. The van der Waals surface area contributed by atoms with Gasteiger partial charge < -0.3 is 9.84 Å². The van der Waals surface area contributed by atoms with Crippen molar-refractivity contribution >= 4 is 21.8 Å². The van der Waals surface area contributed by atoms with Crippen LogP contribution in [0.3, 0.4) is 0 Å². The fraction of sp³-hybridized carbons (Fsp3) is 0.130. The van der Waals surface area contributed by atoms with Gasteiger partial charge >= 0.3 is 0 Å². The average Bonchev–Trinajstić information content (AvgIpc) is 3.32. The maximum Gasteiger partial charge on any atom is 0.257 e. The molecule has 1 unspecified atom stereocenters. The van der Waals surface area contributed by atoms with Gasteiger partial charge in [0, 0.05) is 23.8 Å². The Balaban J connectivity index is 1.46. The number of fused-ring (bicyclic) bond motifs is 1. The maximum absolute atomic E-state index is 12.0. The second-order valence-electron chi connectivity index (χ2n) is 7.23. The molecule has 2 aliphatic rings. The zero-order chi connectivity index (χ0) is 20.7. The molecule has 1 aliphatic heterocycles. The summed E-state index contributed by atoms with van der Waals surface area (Å²) in [4.78, 5) is 15.8. The topological polar surface area (TPSA) is 88.5 Å². The molecule has 0 saturated heterocycles. The molecule has 0 radical (unpaired) electrons. The third-order valence-electron chi connectivity index (χ3n) is 5.43. The van der Waals surface area contributed by atoms with Gasteiger partial charge in [0.25, 0.3) is 5.91 Å². The van der Waals surface area contributed by atoms with Crippen LogP contribution in [0.2, 0.25) is 0 Å². The van der Waals surface area contributed by atoms with E-state index in [2.05, 4.69) is 15.8 Å². The molecule has 1 amide bonds. The fourth-order valence-corrected chi connectivity index (χ4v) is 5.03. The number of pyridine rings is 1. The summed E-state index contributed by atoms with van der Waals surface area (Å²) < 4.78 is 20.4. The van der Waals surface area contributed by atoms with Crippen LogP contribution in [0.1, 0.15) is 34.6 Å². The minimum atomic E-state index is -1.64. The Morgan fingerprint density at radius 3 is 2.80 bits per heavy atom. The van der Waals surface area contributed by atoms with Gasteiger partial charge in [0.15, 0.2) is 11.0 Å². The van der Waals surface area contributed by atoms with Crippen LogP contribution >= 0.6 is 0 Å². The maximum atomic E-state index is 12.0. The number of benzene rings is 2. The highest BCUT2D eigenvalue weighted by atomic mass is 32.2. The van der Waals surface area contributed by atoms with Crippen LogP contribution in [0.5, 0.6) is 17.2 Å². The smallest absolute Gasteiger partial charge is 0.257 e. The Hall–Kier alpha value is -3.45. The standard InChI is InChI=1S/C23H18N2O4S/c26-20-11-14(6-7-19(20)22-12-23(27)25-30(22)28)16-8-9-18-17(16)4-1-5-21(18)29-15-3-2-10-24-13-15/h1-7,10-13,16,26H,8-9H2,(H,25,27)/t16-,30?/m1/s1. The van der Waals surface area contributed by atoms with Crippen molar-refractivity contribution in [2.24, 2.45) is 0 Å².